The second-order valence-electron chi connectivity index (χ2n) is 8.18. The molecule has 0 spiro atoms. The van der Waals surface area contributed by atoms with Crippen LogP contribution in [0.4, 0.5) is 17.1 Å². The van der Waals surface area contributed by atoms with Crippen LogP contribution in [-0.4, -0.2) is 40.0 Å². The largest absolute Gasteiger partial charge is 0.493 e. The van der Waals surface area contributed by atoms with Gasteiger partial charge in [-0.25, -0.2) is 8.42 Å². The monoisotopic (exact) mass is 513 g/mol. The van der Waals surface area contributed by atoms with Crippen LogP contribution in [0.3, 0.4) is 0 Å². The number of carbonyl (C=O) groups is 1. The van der Waals surface area contributed by atoms with Crippen molar-refractivity contribution in [1.82, 2.24) is 0 Å². The predicted molar refractivity (Wildman–Crippen MR) is 136 cm³/mol. The van der Waals surface area contributed by atoms with E-state index in [1.807, 2.05) is 19.9 Å². The smallest absolute Gasteiger partial charge is 0.271 e. The number of benzene rings is 3. The van der Waals surface area contributed by atoms with Gasteiger partial charge in [-0.3, -0.25) is 19.2 Å². The first kappa shape index (κ1) is 26.5. The molecular weight excluding hydrogens is 486 g/mol. The molecule has 11 heteroatoms. The quantitative estimate of drug-likeness (QED) is 0.332. The molecule has 3 aromatic rings. The average Bonchev–Trinajstić information content (AvgIpc) is 2.82. The minimum absolute atomic E-state index is 0.0985. The standard InChI is InChI=1S/C25H27N3O7S/c1-16-10-17(2)12-20(11-16)27(36(32,33)21-8-9-23(34-4)24(14-21)35-5)15-25(29)26-22-13-19(28(30)31)7-6-18(22)3/h6-14H,15H2,1-5H3,(H,26,29). The van der Waals surface area contributed by atoms with Gasteiger partial charge in [-0.05, 0) is 61.7 Å². The minimum atomic E-state index is -4.24. The SMILES string of the molecule is COc1ccc(S(=O)(=O)N(CC(=O)Nc2cc([N+](=O)[O-])ccc2C)c2cc(C)cc(C)c2)cc1OC. The van der Waals surface area contributed by atoms with Gasteiger partial charge in [-0.1, -0.05) is 12.1 Å². The lowest BCUT2D eigenvalue weighted by Gasteiger charge is -2.25. The number of ether oxygens (including phenoxy) is 2. The number of nitrogens with zero attached hydrogens (tertiary/aromatic N) is 2. The Morgan fingerprint density at radius 1 is 0.944 bits per heavy atom. The topological polar surface area (TPSA) is 128 Å². The van der Waals surface area contributed by atoms with E-state index >= 15 is 0 Å². The van der Waals surface area contributed by atoms with E-state index in [0.717, 1.165) is 15.4 Å². The van der Waals surface area contributed by atoms with Crippen LogP contribution >= 0.6 is 0 Å². The molecule has 1 amide bonds. The van der Waals surface area contributed by atoms with Crippen LogP contribution in [0.1, 0.15) is 16.7 Å². The summed E-state index contributed by atoms with van der Waals surface area (Å²) in [6.07, 6.45) is 0. The molecule has 0 aliphatic carbocycles. The van der Waals surface area contributed by atoms with Crippen LogP contribution < -0.4 is 19.1 Å². The first-order valence-corrected chi connectivity index (χ1v) is 12.3. The van der Waals surface area contributed by atoms with Gasteiger partial charge in [0.25, 0.3) is 15.7 Å². The Morgan fingerprint density at radius 3 is 2.17 bits per heavy atom. The maximum atomic E-state index is 13.8. The molecule has 190 valence electrons. The van der Waals surface area contributed by atoms with Gasteiger partial charge in [0.1, 0.15) is 6.54 Å². The summed E-state index contributed by atoms with van der Waals surface area (Å²) in [5.41, 5.74) is 2.54. The highest BCUT2D eigenvalue weighted by molar-refractivity contribution is 7.92. The number of sulfonamides is 1. The Balaban J connectivity index is 2.04. The third-order valence-electron chi connectivity index (χ3n) is 5.43. The highest BCUT2D eigenvalue weighted by Crippen LogP contribution is 2.33. The molecule has 0 fully saturated rings. The molecule has 0 atom stereocenters. The zero-order valence-electron chi connectivity index (χ0n) is 20.6. The maximum absolute atomic E-state index is 13.8. The average molecular weight is 514 g/mol. The minimum Gasteiger partial charge on any atom is -0.493 e. The van der Waals surface area contributed by atoms with E-state index in [1.165, 1.54) is 50.6 Å². The number of amides is 1. The van der Waals surface area contributed by atoms with E-state index < -0.39 is 27.4 Å². The highest BCUT2D eigenvalue weighted by atomic mass is 32.2. The van der Waals surface area contributed by atoms with Crippen molar-refractivity contribution >= 4 is 33.0 Å². The van der Waals surface area contributed by atoms with Crippen molar-refractivity contribution in [2.75, 3.05) is 30.4 Å². The molecule has 0 unspecified atom stereocenters. The molecule has 0 aromatic heterocycles. The summed E-state index contributed by atoms with van der Waals surface area (Å²) in [4.78, 5) is 23.5. The number of anilines is 2. The van der Waals surface area contributed by atoms with Crippen LogP contribution in [0, 0.1) is 30.9 Å². The van der Waals surface area contributed by atoms with Crippen LogP contribution in [0.15, 0.2) is 59.5 Å². The van der Waals surface area contributed by atoms with Gasteiger partial charge < -0.3 is 14.8 Å². The van der Waals surface area contributed by atoms with Crippen molar-refractivity contribution in [2.24, 2.45) is 0 Å². The molecule has 0 aliphatic rings. The van der Waals surface area contributed by atoms with Crippen molar-refractivity contribution in [2.45, 2.75) is 25.7 Å². The fourth-order valence-corrected chi connectivity index (χ4v) is 5.11. The Kier molecular flexibility index (Phi) is 7.83. The number of methoxy groups -OCH3 is 2. The van der Waals surface area contributed by atoms with Gasteiger partial charge in [-0.15, -0.1) is 0 Å². The fraction of sp³-hybridized carbons (Fsp3) is 0.240. The molecule has 1 N–H and O–H groups in total. The van der Waals surface area contributed by atoms with Crippen molar-refractivity contribution in [3.05, 3.63) is 81.4 Å². The van der Waals surface area contributed by atoms with Gasteiger partial charge in [0, 0.05) is 18.2 Å². The third-order valence-corrected chi connectivity index (χ3v) is 7.20. The zero-order chi connectivity index (χ0) is 26.6. The first-order chi connectivity index (χ1) is 17.0. The normalized spacial score (nSPS) is 11.0. The molecule has 0 bridgehead atoms. The van der Waals surface area contributed by atoms with Gasteiger partial charge in [-0.2, -0.15) is 0 Å². The van der Waals surface area contributed by atoms with Gasteiger partial charge in [0.05, 0.1) is 35.4 Å². The summed E-state index contributed by atoms with van der Waals surface area (Å²) < 4.78 is 39.0. The second kappa shape index (κ2) is 10.6. The van der Waals surface area contributed by atoms with Crippen molar-refractivity contribution in [3.63, 3.8) is 0 Å². The van der Waals surface area contributed by atoms with Crippen molar-refractivity contribution in [1.29, 1.82) is 0 Å². The molecule has 10 nitrogen and oxygen atoms in total. The first-order valence-electron chi connectivity index (χ1n) is 10.8. The number of nitro groups is 1. The molecule has 0 saturated carbocycles. The number of hydrogen-bond donors (Lipinski definition) is 1. The van der Waals surface area contributed by atoms with Crippen LogP contribution in [0.2, 0.25) is 0 Å². The third kappa shape index (κ3) is 5.74. The van der Waals surface area contributed by atoms with Gasteiger partial charge >= 0.3 is 0 Å². The summed E-state index contributed by atoms with van der Waals surface area (Å²) in [6.45, 7) is 4.76. The Morgan fingerprint density at radius 2 is 1.58 bits per heavy atom. The summed E-state index contributed by atoms with van der Waals surface area (Å²) in [5, 5.41) is 13.8. The van der Waals surface area contributed by atoms with Crippen molar-refractivity contribution in [3.8, 4) is 11.5 Å². The molecule has 0 heterocycles. The molecule has 3 aromatic carbocycles. The van der Waals surface area contributed by atoms with Crippen LogP contribution in [-0.2, 0) is 14.8 Å². The number of hydrogen-bond acceptors (Lipinski definition) is 7. The van der Waals surface area contributed by atoms with E-state index in [2.05, 4.69) is 5.32 Å². The van der Waals surface area contributed by atoms with E-state index in [1.54, 1.807) is 19.1 Å². The van der Waals surface area contributed by atoms with Gasteiger partial charge in [0.15, 0.2) is 11.5 Å². The number of nitrogens with one attached hydrogen (secondary N) is 1. The molecule has 36 heavy (non-hydrogen) atoms. The van der Waals surface area contributed by atoms with E-state index in [-0.39, 0.29) is 22.0 Å². The number of rotatable bonds is 9. The lowest BCUT2D eigenvalue weighted by molar-refractivity contribution is -0.384. The van der Waals surface area contributed by atoms with E-state index in [9.17, 15) is 23.3 Å². The summed E-state index contributed by atoms with van der Waals surface area (Å²) >= 11 is 0. The van der Waals surface area contributed by atoms with Crippen LogP contribution in [0.5, 0.6) is 11.5 Å². The lowest BCUT2D eigenvalue weighted by Crippen LogP contribution is -2.38. The Labute approximate surface area is 209 Å². The molecular formula is C25H27N3O7S. The Bertz CT molecular complexity index is 1400. The number of nitro benzene ring substituents is 1. The number of non-ortho nitro benzene ring substituents is 1. The molecule has 3 rings (SSSR count). The second-order valence-corrected chi connectivity index (χ2v) is 10.0. The molecule has 0 radical (unpaired) electrons. The number of carbonyl (C=O) groups excluding carboxylic acids is 1. The van der Waals surface area contributed by atoms with E-state index in [4.69, 9.17) is 9.47 Å². The predicted octanol–water partition coefficient (Wildman–Crippen LogP) is 4.37. The van der Waals surface area contributed by atoms with E-state index in [0.29, 0.717) is 17.0 Å². The number of aryl methyl sites for hydroxylation is 3. The summed E-state index contributed by atoms with van der Waals surface area (Å²) in [6, 6.07) is 13.5. The fourth-order valence-electron chi connectivity index (χ4n) is 3.69. The van der Waals surface area contributed by atoms with Crippen molar-refractivity contribution < 1.29 is 27.6 Å². The maximum Gasteiger partial charge on any atom is 0.271 e. The lowest BCUT2D eigenvalue weighted by atomic mass is 10.1. The summed E-state index contributed by atoms with van der Waals surface area (Å²) in [5.74, 6) is -0.0919. The molecule has 0 aliphatic heterocycles. The Hall–Kier alpha value is -4.12. The molecule has 0 saturated heterocycles. The summed E-state index contributed by atoms with van der Waals surface area (Å²) in [7, 11) is -1.40. The van der Waals surface area contributed by atoms with Crippen LogP contribution in [0.25, 0.3) is 0 Å². The van der Waals surface area contributed by atoms with Gasteiger partial charge in [0.2, 0.25) is 5.91 Å². The zero-order valence-corrected chi connectivity index (χ0v) is 21.4. The highest BCUT2D eigenvalue weighted by Gasteiger charge is 2.29.